The summed E-state index contributed by atoms with van der Waals surface area (Å²) in [5.41, 5.74) is 5.80. The van der Waals surface area contributed by atoms with Gasteiger partial charge >= 0.3 is 5.97 Å². The minimum atomic E-state index is -0.312. The Bertz CT molecular complexity index is 403. The van der Waals surface area contributed by atoms with Gasteiger partial charge in [-0.25, -0.2) is 4.79 Å². The number of carbonyl (C=O) groups is 1. The summed E-state index contributed by atoms with van der Waals surface area (Å²) in [6.07, 6.45) is 1.89. The number of esters is 1. The lowest BCUT2D eigenvalue weighted by Gasteiger charge is -1.98. The van der Waals surface area contributed by atoms with Crippen molar-refractivity contribution in [1.29, 1.82) is 0 Å². The molecule has 0 aliphatic carbocycles. The largest absolute Gasteiger partial charge is 0.465 e. The van der Waals surface area contributed by atoms with Crippen LogP contribution in [0.15, 0.2) is 35.6 Å². The van der Waals surface area contributed by atoms with Crippen molar-refractivity contribution >= 4 is 12.0 Å². The highest BCUT2D eigenvalue weighted by atomic mass is 16.5. The van der Waals surface area contributed by atoms with Gasteiger partial charge in [-0.3, -0.25) is 0 Å². The first-order valence-electron chi connectivity index (χ1n) is 4.72. The lowest BCUT2D eigenvalue weighted by molar-refractivity contribution is 0.0601. The molecule has 0 saturated carbocycles. The zero-order valence-corrected chi connectivity index (χ0v) is 9.20. The fourth-order valence-corrected chi connectivity index (χ4v) is 1.06. The maximum Gasteiger partial charge on any atom is 0.337 e. The van der Waals surface area contributed by atoms with Gasteiger partial charge < -0.3 is 4.74 Å². The summed E-state index contributed by atoms with van der Waals surface area (Å²) in [7, 11) is 1.37. The SMILES string of the molecule is COC(=O)c1ccc(C=C=C(C)C)cc1. The van der Waals surface area contributed by atoms with Crippen LogP contribution in [0.4, 0.5) is 0 Å². The summed E-state index contributed by atoms with van der Waals surface area (Å²) >= 11 is 0. The molecule has 2 heteroatoms. The van der Waals surface area contributed by atoms with Crippen molar-refractivity contribution in [2.45, 2.75) is 13.8 Å². The van der Waals surface area contributed by atoms with Crippen molar-refractivity contribution in [3.63, 3.8) is 0 Å². The molecule has 0 fully saturated rings. The van der Waals surface area contributed by atoms with Crippen molar-refractivity contribution in [3.05, 3.63) is 46.7 Å². The van der Waals surface area contributed by atoms with Gasteiger partial charge in [0.25, 0.3) is 0 Å². The molecule has 0 aliphatic heterocycles. The van der Waals surface area contributed by atoms with E-state index in [1.807, 2.05) is 32.1 Å². The van der Waals surface area contributed by atoms with E-state index in [0.29, 0.717) is 5.56 Å². The minimum absolute atomic E-state index is 0.312. The Labute approximate surface area is 89.9 Å². The summed E-state index contributed by atoms with van der Waals surface area (Å²) in [6.45, 7) is 3.97. The summed E-state index contributed by atoms with van der Waals surface area (Å²) in [5, 5.41) is 0. The lowest BCUT2D eigenvalue weighted by Crippen LogP contribution is -2.00. The van der Waals surface area contributed by atoms with Crippen LogP contribution in [0.2, 0.25) is 0 Å². The topological polar surface area (TPSA) is 26.3 Å². The molecule has 2 nitrogen and oxygen atoms in total. The monoisotopic (exact) mass is 202 g/mol. The van der Waals surface area contributed by atoms with Crippen LogP contribution in [0, 0.1) is 0 Å². The number of hydrogen-bond donors (Lipinski definition) is 0. The van der Waals surface area contributed by atoms with Crippen LogP contribution < -0.4 is 0 Å². The molecular formula is C13H14O2. The van der Waals surface area contributed by atoms with E-state index >= 15 is 0 Å². The summed E-state index contributed by atoms with van der Waals surface area (Å²) in [5.74, 6) is -0.312. The first kappa shape index (κ1) is 11.3. The zero-order chi connectivity index (χ0) is 11.3. The second kappa shape index (κ2) is 5.18. The number of allylic oxidation sites excluding steroid dienone is 1. The van der Waals surface area contributed by atoms with Crippen LogP contribution in [-0.4, -0.2) is 13.1 Å². The smallest absolute Gasteiger partial charge is 0.337 e. The van der Waals surface area contributed by atoms with Crippen molar-refractivity contribution in [2.24, 2.45) is 0 Å². The molecule has 0 atom stereocenters. The number of benzene rings is 1. The third kappa shape index (κ3) is 3.45. The van der Waals surface area contributed by atoms with Crippen LogP contribution in [0.3, 0.4) is 0 Å². The van der Waals surface area contributed by atoms with Crippen LogP contribution in [0.1, 0.15) is 29.8 Å². The Morgan fingerprint density at radius 2 is 1.87 bits per heavy atom. The summed E-state index contributed by atoms with van der Waals surface area (Å²) in [6, 6.07) is 7.21. The lowest BCUT2D eigenvalue weighted by atomic mass is 10.1. The minimum Gasteiger partial charge on any atom is -0.465 e. The van der Waals surface area contributed by atoms with Gasteiger partial charge in [0.05, 0.1) is 12.7 Å². The maximum atomic E-state index is 11.1. The highest BCUT2D eigenvalue weighted by Crippen LogP contribution is 2.07. The van der Waals surface area contributed by atoms with Crippen molar-refractivity contribution < 1.29 is 9.53 Å². The third-order valence-electron chi connectivity index (χ3n) is 1.86. The van der Waals surface area contributed by atoms with E-state index in [9.17, 15) is 4.79 Å². The molecule has 0 N–H and O–H groups in total. The molecular weight excluding hydrogens is 188 g/mol. The van der Waals surface area contributed by atoms with Gasteiger partial charge in [-0.05, 0) is 43.2 Å². The van der Waals surface area contributed by atoms with E-state index in [2.05, 4.69) is 10.5 Å². The van der Waals surface area contributed by atoms with Gasteiger partial charge in [-0.1, -0.05) is 12.1 Å². The fraction of sp³-hybridized carbons (Fsp3) is 0.231. The standard InChI is InChI=1S/C13H14O2/c1-10(2)4-5-11-6-8-12(9-7-11)13(14)15-3/h5-9H,1-3H3. The maximum absolute atomic E-state index is 11.1. The van der Waals surface area contributed by atoms with Crippen molar-refractivity contribution in [2.75, 3.05) is 7.11 Å². The number of hydrogen-bond acceptors (Lipinski definition) is 2. The molecule has 0 radical (unpaired) electrons. The molecule has 0 aliphatic rings. The predicted octanol–water partition coefficient (Wildman–Crippen LogP) is 3.05. The Hall–Kier alpha value is -1.79. The van der Waals surface area contributed by atoms with E-state index in [0.717, 1.165) is 11.1 Å². The third-order valence-corrected chi connectivity index (χ3v) is 1.86. The molecule has 0 saturated heterocycles. The average molecular weight is 202 g/mol. The Morgan fingerprint density at radius 3 is 2.33 bits per heavy atom. The highest BCUT2D eigenvalue weighted by molar-refractivity contribution is 5.89. The highest BCUT2D eigenvalue weighted by Gasteiger charge is 2.02. The van der Waals surface area contributed by atoms with Gasteiger partial charge in [-0.2, -0.15) is 0 Å². The average Bonchev–Trinajstić information content (AvgIpc) is 2.26. The van der Waals surface area contributed by atoms with E-state index in [4.69, 9.17) is 0 Å². The predicted molar refractivity (Wildman–Crippen MR) is 60.6 cm³/mol. The van der Waals surface area contributed by atoms with Crippen molar-refractivity contribution in [1.82, 2.24) is 0 Å². The van der Waals surface area contributed by atoms with Crippen LogP contribution >= 0.6 is 0 Å². The molecule has 0 aromatic heterocycles. The number of carbonyl (C=O) groups excluding carboxylic acids is 1. The first-order chi connectivity index (χ1) is 7.13. The second-order valence-electron chi connectivity index (χ2n) is 3.40. The normalized spacial score (nSPS) is 9.00. The fourth-order valence-electron chi connectivity index (χ4n) is 1.06. The van der Waals surface area contributed by atoms with E-state index in [1.54, 1.807) is 12.1 Å². The molecule has 0 bridgehead atoms. The van der Waals surface area contributed by atoms with Gasteiger partial charge in [0, 0.05) is 0 Å². The molecule has 78 valence electrons. The van der Waals surface area contributed by atoms with Gasteiger partial charge in [0.15, 0.2) is 0 Å². The number of ether oxygens (including phenoxy) is 1. The molecule has 0 unspecified atom stereocenters. The molecule has 15 heavy (non-hydrogen) atoms. The Balaban J connectivity index is 2.91. The number of methoxy groups -OCH3 is 1. The second-order valence-corrected chi connectivity index (χ2v) is 3.40. The number of rotatable bonds is 2. The molecule has 1 rings (SSSR count). The van der Waals surface area contributed by atoms with E-state index in [1.165, 1.54) is 7.11 Å². The quantitative estimate of drug-likeness (QED) is 0.544. The molecule has 0 spiro atoms. The molecule has 1 aromatic carbocycles. The zero-order valence-electron chi connectivity index (χ0n) is 9.20. The van der Waals surface area contributed by atoms with Gasteiger partial charge in [0.1, 0.15) is 0 Å². The molecule has 1 aromatic rings. The van der Waals surface area contributed by atoms with Crippen LogP contribution in [-0.2, 0) is 4.74 Å². The first-order valence-corrected chi connectivity index (χ1v) is 4.72. The molecule has 0 amide bonds. The van der Waals surface area contributed by atoms with E-state index < -0.39 is 0 Å². The van der Waals surface area contributed by atoms with Crippen LogP contribution in [0.5, 0.6) is 0 Å². The Kier molecular flexibility index (Phi) is 3.90. The van der Waals surface area contributed by atoms with Gasteiger partial charge in [0.2, 0.25) is 0 Å². The van der Waals surface area contributed by atoms with E-state index in [-0.39, 0.29) is 5.97 Å². The Morgan fingerprint density at radius 1 is 1.27 bits per heavy atom. The summed E-state index contributed by atoms with van der Waals surface area (Å²) in [4.78, 5) is 11.1. The summed E-state index contributed by atoms with van der Waals surface area (Å²) < 4.78 is 4.61. The van der Waals surface area contributed by atoms with Gasteiger partial charge in [-0.15, -0.1) is 5.73 Å². The van der Waals surface area contributed by atoms with Crippen molar-refractivity contribution in [3.8, 4) is 0 Å². The molecule has 0 heterocycles. The van der Waals surface area contributed by atoms with Crippen LogP contribution in [0.25, 0.3) is 6.08 Å².